The number of fused-ring (bicyclic) bond motifs is 1. The van der Waals surface area contributed by atoms with Gasteiger partial charge >= 0.3 is 5.97 Å². The lowest BCUT2D eigenvalue weighted by Crippen LogP contribution is -2.18. The van der Waals surface area contributed by atoms with Gasteiger partial charge in [-0.15, -0.1) is 11.3 Å². The average Bonchev–Trinajstić information content (AvgIpc) is 3.48. The van der Waals surface area contributed by atoms with Crippen molar-refractivity contribution in [3.63, 3.8) is 0 Å². The molecule has 3 aliphatic carbocycles. The number of benzene rings is 1. The van der Waals surface area contributed by atoms with Gasteiger partial charge in [0.05, 0.1) is 16.0 Å². The smallest absolute Gasteiger partial charge is 0.313 e. The van der Waals surface area contributed by atoms with Gasteiger partial charge < -0.3 is 10.8 Å². The highest BCUT2D eigenvalue weighted by Gasteiger charge is 2.52. The van der Waals surface area contributed by atoms with Crippen LogP contribution in [0.2, 0.25) is 0 Å². The van der Waals surface area contributed by atoms with Gasteiger partial charge in [0.15, 0.2) is 0 Å². The molecule has 0 bridgehead atoms. The van der Waals surface area contributed by atoms with E-state index in [2.05, 4.69) is 42.5 Å². The highest BCUT2D eigenvalue weighted by atomic mass is 32.1. The minimum absolute atomic E-state index is 0.547. The first-order valence-corrected chi connectivity index (χ1v) is 10.7. The lowest BCUT2D eigenvalue weighted by Gasteiger charge is -2.22. The molecular weight excluding hydrogens is 366 g/mol. The topological polar surface area (TPSA) is 63.3 Å². The van der Waals surface area contributed by atoms with Gasteiger partial charge in [-0.05, 0) is 61.3 Å². The number of nitrogen functional groups attached to an aromatic ring is 1. The van der Waals surface area contributed by atoms with Gasteiger partial charge in [0.25, 0.3) is 0 Å². The normalized spacial score (nSPS) is 20.9. The van der Waals surface area contributed by atoms with E-state index in [1.807, 2.05) is 6.07 Å². The van der Waals surface area contributed by atoms with Crippen molar-refractivity contribution >= 4 is 38.7 Å². The van der Waals surface area contributed by atoms with E-state index in [0.717, 1.165) is 55.2 Å². The van der Waals surface area contributed by atoms with Crippen LogP contribution in [0.5, 0.6) is 0 Å². The second-order valence-electron chi connectivity index (χ2n) is 8.00. The van der Waals surface area contributed by atoms with Crippen LogP contribution in [0.25, 0.3) is 15.7 Å². The zero-order valence-electron chi connectivity index (χ0n) is 15.7. The van der Waals surface area contributed by atoms with Gasteiger partial charge in [-0.2, -0.15) is 0 Å². The zero-order valence-corrected chi connectivity index (χ0v) is 16.5. The minimum atomic E-state index is -0.652. The van der Waals surface area contributed by atoms with Crippen molar-refractivity contribution in [3.8, 4) is 0 Å². The number of carboxylic acid groups (broad SMARTS) is 1. The highest BCUT2D eigenvalue weighted by Crippen LogP contribution is 2.54. The van der Waals surface area contributed by atoms with Crippen LogP contribution >= 0.6 is 11.3 Å². The van der Waals surface area contributed by atoms with Crippen LogP contribution < -0.4 is 5.73 Å². The fourth-order valence-electron chi connectivity index (χ4n) is 4.50. The van der Waals surface area contributed by atoms with E-state index in [4.69, 9.17) is 5.73 Å². The number of carboxylic acids is 1. The highest BCUT2D eigenvalue weighted by molar-refractivity contribution is 7.20. The second-order valence-corrected chi connectivity index (χ2v) is 9.05. The molecule has 2 aromatic rings. The van der Waals surface area contributed by atoms with E-state index in [1.165, 1.54) is 26.3 Å². The molecule has 0 saturated heterocycles. The summed E-state index contributed by atoms with van der Waals surface area (Å²) in [6.45, 7) is 0. The first-order valence-electron chi connectivity index (χ1n) is 9.89. The number of nitrogens with two attached hydrogens (primary N) is 1. The Bertz CT molecular complexity index is 1110. The van der Waals surface area contributed by atoms with Gasteiger partial charge in [-0.3, -0.25) is 4.79 Å². The molecule has 0 aliphatic heterocycles. The summed E-state index contributed by atoms with van der Waals surface area (Å²) in [5.41, 5.74) is 11.9. The predicted octanol–water partition coefficient (Wildman–Crippen LogP) is 6.10. The third kappa shape index (κ3) is 2.75. The number of thiophene rings is 1. The first-order chi connectivity index (χ1) is 13.6. The van der Waals surface area contributed by atoms with Gasteiger partial charge in [0.1, 0.15) is 0 Å². The molecule has 1 fully saturated rings. The molecule has 0 spiro atoms. The van der Waals surface area contributed by atoms with Crippen molar-refractivity contribution in [2.45, 2.75) is 38.5 Å². The number of rotatable bonds is 4. The quantitative estimate of drug-likeness (QED) is 0.664. The van der Waals surface area contributed by atoms with Crippen molar-refractivity contribution in [3.05, 3.63) is 70.2 Å². The molecule has 5 rings (SSSR count). The molecule has 1 heterocycles. The van der Waals surface area contributed by atoms with Crippen molar-refractivity contribution in [2.24, 2.45) is 5.41 Å². The summed E-state index contributed by atoms with van der Waals surface area (Å²) in [7, 11) is 0. The zero-order chi connectivity index (χ0) is 19.3. The van der Waals surface area contributed by atoms with Crippen molar-refractivity contribution in [2.75, 3.05) is 5.73 Å². The number of allylic oxidation sites excluding steroid dienone is 7. The summed E-state index contributed by atoms with van der Waals surface area (Å²) in [4.78, 5) is 12.7. The van der Waals surface area contributed by atoms with Crippen molar-refractivity contribution < 1.29 is 9.90 Å². The molecule has 3 nitrogen and oxygen atoms in total. The number of hydrogen-bond donors (Lipinski definition) is 2. The number of carbonyl (C=O) groups is 1. The second kappa shape index (κ2) is 6.49. The molecule has 4 heteroatoms. The Labute approximate surface area is 168 Å². The maximum atomic E-state index is 11.5. The Morgan fingerprint density at radius 1 is 0.929 bits per heavy atom. The predicted molar refractivity (Wildman–Crippen MR) is 116 cm³/mol. The monoisotopic (exact) mass is 389 g/mol. The third-order valence-corrected chi connectivity index (χ3v) is 7.67. The maximum absolute atomic E-state index is 11.5. The molecule has 0 amide bonds. The molecule has 1 aromatic carbocycles. The van der Waals surface area contributed by atoms with Gasteiger partial charge in [0, 0.05) is 10.1 Å². The van der Waals surface area contributed by atoms with Crippen LogP contribution in [0.3, 0.4) is 0 Å². The molecule has 0 unspecified atom stereocenters. The summed E-state index contributed by atoms with van der Waals surface area (Å²) in [6, 6.07) is 8.32. The average molecular weight is 390 g/mol. The van der Waals surface area contributed by atoms with E-state index >= 15 is 0 Å². The van der Waals surface area contributed by atoms with Gasteiger partial charge in [-0.1, -0.05) is 48.1 Å². The fraction of sp³-hybridized carbons (Fsp3) is 0.292. The lowest BCUT2D eigenvalue weighted by atomic mass is 9.82. The van der Waals surface area contributed by atoms with Crippen molar-refractivity contribution in [1.82, 2.24) is 0 Å². The number of hydrogen-bond acceptors (Lipinski definition) is 3. The number of aliphatic carboxylic acids is 1. The maximum Gasteiger partial charge on any atom is 0.313 e. The van der Waals surface area contributed by atoms with Gasteiger partial charge in [-0.25, -0.2) is 0 Å². The van der Waals surface area contributed by atoms with Crippen molar-refractivity contribution in [1.29, 1.82) is 0 Å². The molecular formula is C24H23NO2S. The van der Waals surface area contributed by atoms with E-state index in [-0.39, 0.29) is 0 Å². The van der Waals surface area contributed by atoms with Crippen LogP contribution in [0.4, 0.5) is 5.69 Å². The molecule has 1 aromatic heterocycles. The van der Waals surface area contributed by atoms with E-state index < -0.39 is 11.4 Å². The van der Waals surface area contributed by atoms with Crippen LogP contribution in [0.15, 0.2) is 65.3 Å². The van der Waals surface area contributed by atoms with Crippen LogP contribution in [-0.2, 0) is 4.79 Å². The molecule has 0 radical (unpaired) electrons. The third-order valence-electron chi connectivity index (χ3n) is 6.41. The Morgan fingerprint density at radius 3 is 2.14 bits per heavy atom. The number of anilines is 1. The minimum Gasteiger partial charge on any atom is -0.481 e. The Balaban J connectivity index is 1.40. The molecule has 28 heavy (non-hydrogen) atoms. The molecule has 3 N–H and O–H groups in total. The van der Waals surface area contributed by atoms with E-state index in [9.17, 15) is 9.90 Å². The van der Waals surface area contributed by atoms with Crippen LogP contribution in [0, 0.1) is 5.41 Å². The fourth-order valence-corrected chi connectivity index (χ4v) is 5.67. The Morgan fingerprint density at radius 2 is 1.57 bits per heavy atom. The lowest BCUT2D eigenvalue weighted by molar-refractivity contribution is -0.141. The Kier molecular flexibility index (Phi) is 4.06. The molecule has 0 atom stereocenters. The summed E-state index contributed by atoms with van der Waals surface area (Å²) >= 11 is 1.78. The molecule has 142 valence electrons. The summed E-state index contributed by atoms with van der Waals surface area (Å²) < 4.78 is 1.24. The largest absolute Gasteiger partial charge is 0.481 e. The van der Waals surface area contributed by atoms with E-state index in [0.29, 0.717) is 0 Å². The standard InChI is InChI=1S/C24H23NO2S/c25-21-19-3-1-2-4-20(19)28-22(21)17-7-5-15(6-8-17)16-9-11-18(12-10-16)24(13-14-24)23(26)27/h1-5,7,9,11H,6,8,10,12-14,25H2,(H,26,27). The molecule has 3 aliphatic rings. The summed E-state index contributed by atoms with van der Waals surface area (Å²) in [5, 5.41) is 10.6. The van der Waals surface area contributed by atoms with Crippen LogP contribution in [0.1, 0.15) is 43.4 Å². The van der Waals surface area contributed by atoms with E-state index in [1.54, 1.807) is 11.3 Å². The Hall–Kier alpha value is -2.59. The summed E-state index contributed by atoms with van der Waals surface area (Å²) in [5.74, 6) is -0.652. The van der Waals surface area contributed by atoms with Crippen LogP contribution in [-0.4, -0.2) is 11.1 Å². The van der Waals surface area contributed by atoms with Gasteiger partial charge in [0.2, 0.25) is 0 Å². The first kappa shape index (κ1) is 17.5. The molecule has 1 saturated carbocycles. The summed E-state index contributed by atoms with van der Waals surface area (Å²) in [6.07, 6.45) is 14.1. The SMILES string of the molecule is Nc1c(C2=CC=C(C3=CC=C(C4(C(=O)O)CC4)CC3)CC2)sc2ccccc12.